The molecular weight excluding hydrogens is 627 g/mol. The molecule has 1 saturated heterocycles. The van der Waals surface area contributed by atoms with Crippen molar-refractivity contribution in [1.82, 2.24) is 15.2 Å². The number of thioether (sulfide) groups is 2. The fourth-order valence-electron chi connectivity index (χ4n) is 4.01. The number of thiocarbonyl (C=S) groups is 1. The minimum Gasteiger partial charge on any atom is -0.493 e. The molecule has 5 aromatic rings. The summed E-state index contributed by atoms with van der Waals surface area (Å²) in [7, 11) is 1.50. The van der Waals surface area contributed by atoms with Gasteiger partial charge in [-0.2, -0.15) is 0 Å². The first-order valence-corrected chi connectivity index (χ1v) is 15.7. The van der Waals surface area contributed by atoms with Crippen LogP contribution < -0.4 is 19.7 Å². The number of nitrogens with one attached hydrogen (secondary N) is 1. The molecular formula is C29H21N5O5S4. The number of nitrogens with zero attached hydrogens (tertiary/aromatic N) is 4. The summed E-state index contributed by atoms with van der Waals surface area (Å²) >= 11 is 9.34. The van der Waals surface area contributed by atoms with Crippen LogP contribution in [0.5, 0.6) is 11.5 Å². The van der Waals surface area contributed by atoms with Gasteiger partial charge in [0.15, 0.2) is 28.0 Å². The summed E-state index contributed by atoms with van der Waals surface area (Å²) in [5.41, 5.74) is 2.96. The number of anilines is 2. The average molecular weight is 648 g/mol. The number of hydrogen-bond donors (Lipinski definition) is 1. The van der Waals surface area contributed by atoms with Gasteiger partial charge in [-0.05, 0) is 48.0 Å². The molecule has 0 atom stereocenters. The van der Waals surface area contributed by atoms with E-state index in [1.165, 1.54) is 46.9 Å². The number of benzene rings is 3. The number of hydrogen-bond acceptors (Lipinski definition) is 12. The number of carbonyl (C=O) groups is 2. The van der Waals surface area contributed by atoms with Crippen molar-refractivity contribution in [3.05, 3.63) is 88.3 Å². The van der Waals surface area contributed by atoms with Crippen LogP contribution in [0.1, 0.15) is 10.6 Å². The number of rotatable bonds is 10. The van der Waals surface area contributed by atoms with Gasteiger partial charge in [0.1, 0.15) is 10.5 Å². The minimum absolute atomic E-state index is 0.193. The summed E-state index contributed by atoms with van der Waals surface area (Å²) < 4.78 is 17.4. The molecule has 0 saturated carbocycles. The van der Waals surface area contributed by atoms with Crippen molar-refractivity contribution in [1.29, 1.82) is 0 Å². The smallest absolute Gasteiger partial charge is 0.270 e. The normalized spacial score (nSPS) is 14.1. The number of para-hydroxylation sites is 3. The van der Waals surface area contributed by atoms with Crippen molar-refractivity contribution >= 4 is 91.2 Å². The van der Waals surface area contributed by atoms with Gasteiger partial charge in [-0.15, -0.1) is 10.2 Å². The molecule has 0 radical (unpaired) electrons. The maximum absolute atomic E-state index is 13.0. The molecule has 0 spiro atoms. The van der Waals surface area contributed by atoms with Crippen LogP contribution in [0.4, 0.5) is 10.8 Å². The first-order valence-electron chi connectivity index (χ1n) is 12.7. The highest BCUT2D eigenvalue weighted by Crippen LogP contribution is 2.37. The van der Waals surface area contributed by atoms with E-state index in [1.54, 1.807) is 24.3 Å². The lowest BCUT2D eigenvalue weighted by Gasteiger charge is -2.13. The summed E-state index contributed by atoms with van der Waals surface area (Å²) in [5.74, 6) is 0.692. The van der Waals surface area contributed by atoms with E-state index in [9.17, 15) is 9.59 Å². The van der Waals surface area contributed by atoms with E-state index in [1.807, 2.05) is 54.6 Å². The Morgan fingerprint density at radius 3 is 2.72 bits per heavy atom. The summed E-state index contributed by atoms with van der Waals surface area (Å²) in [4.78, 5) is 32.0. The first kappa shape index (κ1) is 28.9. The molecule has 3 heterocycles. The fourth-order valence-corrected chi connectivity index (χ4v) is 6.89. The number of aromatic nitrogens is 3. The van der Waals surface area contributed by atoms with Crippen molar-refractivity contribution in [2.24, 2.45) is 0 Å². The topological polar surface area (TPSA) is 120 Å². The Morgan fingerprint density at radius 1 is 1.09 bits per heavy atom. The number of fused-ring (bicyclic) bond motifs is 1. The molecule has 3 aromatic carbocycles. The minimum atomic E-state index is -0.398. The standard InChI is InChI=1S/C29H21N5O5S4/c1-37-22-13-17(14-23-26(36)34(29(40)42-23)18-7-3-2-4-8-18)11-12-21(22)38-15-24(35)31-27-33-32-25(43-27)16-41-28-30-19-9-5-6-10-20(19)39-28/h2-14H,15-16H2,1H3,(H,31,33,35)/b23-14-. The molecule has 10 nitrogen and oxygen atoms in total. The molecule has 0 unspecified atom stereocenters. The van der Waals surface area contributed by atoms with Gasteiger partial charge in [0, 0.05) is 0 Å². The van der Waals surface area contributed by atoms with E-state index in [4.69, 9.17) is 26.1 Å². The fraction of sp³-hybridized carbons (Fsp3) is 0.103. The average Bonchev–Trinajstić information content (AvgIpc) is 3.72. The Morgan fingerprint density at radius 2 is 1.91 bits per heavy atom. The Hall–Kier alpha value is -4.24. The molecule has 6 rings (SSSR count). The summed E-state index contributed by atoms with van der Waals surface area (Å²) in [6, 6.07) is 22.0. The number of carbonyl (C=O) groups excluding carboxylic acids is 2. The quantitative estimate of drug-likeness (QED) is 0.103. The van der Waals surface area contributed by atoms with Crippen LogP contribution in [-0.4, -0.2) is 45.0 Å². The molecule has 14 heteroatoms. The van der Waals surface area contributed by atoms with Gasteiger partial charge in [0.25, 0.3) is 17.0 Å². The molecule has 43 heavy (non-hydrogen) atoms. The van der Waals surface area contributed by atoms with E-state index in [-0.39, 0.29) is 12.5 Å². The highest BCUT2D eigenvalue weighted by molar-refractivity contribution is 8.27. The monoisotopic (exact) mass is 647 g/mol. The predicted octanol–water partition coefficient (Wildman–Crippen LogP) is 6.40. The molecule has 0 aliphatic carbocycles. The highest BCUT2D eigenvalue weighted by atomic mass is 32.2. The maximum Gasteiger partial charge on any atom is 0.270 e. The second kappa shape index (κ2) is 13.0. The zero-order valence-corrected chi connectivity index (χ0v) is 25.6. The summed E-state index contributed by atoms with van der Waals surface area (Å²) in [6.45, 7) is -0.266. The Kier molecular flexibility index (Phi) is 8.69. The third-order valence-electron chi connectivity index (χ3n) is 5.96. The molecule has 1 fully saturated rings. The van der Waals surface area contributed by atoms with Crippen LogP contribution in [0.3, 0.4) is 0 Å². The molecule has 2 aromatic heterocycles. The van der Waals surface area contributed by atoms with Crippen LogP contribution in [0.15, 0.2) is 87.3 Å². The Balaban J connectivity index is 1.03. The third kappa shape index (κ3) is 6.72. The molecule has 216 valence electrons. The lowest BCUT2D eigenvalue weighted by molar-refractivity contribution is -0.118. The zero-order valence-electron chi connectivity index (χ0n) is 22.4. The second-order valence-corrected chi connectivity index (χ2v) is 12.5. The van der Waals surface area contributed by atoms with Gasteiger partial charge in [0.05, 0.1) is 23.5 Å². The van der Waals surface area contributed by atoms with Crippen molar-refractivity contribution in [2.45, 2.75) is 11.0 Å². The number of methoxy groups -OCH3 is 1. The molecule has 1 aliphatic heterocycles. The van der Waals surface area contributed by atoms with Crippen LogP contribution in [0.25, 0.3) is 17.2 Å². The Bertz CT molecular complexity index is 1820. The van der Waals surface area contributed by atoms with E-state index >= 15 is 0 Å². The van der Waals surface area contributed by atoms with Crippen molar-refractivity contribution in [3.8, 4) is 11.5 Å². The van der Waals surface area contributed by atoms with Gasteiger partial charge in [-0.1, -0.05) is 83.5 Å². The van der Waals surface area contributed by atoms with Crippen LogP contribution in [-0.2, 0) is 15.3 Å². The lowest BCUT2D eigenvalue weighted by Crippen LogP contribution is -2.27. The number of ether oxygens (including phenoxy) is 2. The molecule has 1 aliphatic rings. The van der Waals surface area contributed by atoms with E-state index in [0.29, 0.717) is 41.8 Å². The van der Waals surface area contributed by atoms with E-state index in [2.05, 4.69) is 20.5 Å². The van der Waals surface area contributed by atoms with Gasteiger partial charge in [0.2, 0.25) is 5.13 Å². The van der Waals surface area contributed by atoms with E-state index < -0.39 is 5.91 Å². The number of oxazole rings is 1. The predicted molar refractivity (Wildman–Crippen MR) is 173 cm³/mol. The third-order valence-corrected chi connectivity index (χ3v) is 9.12. The lowest BCUT2D eigenvalue weighted by atomic mass is 10.2. The van der Waals surface area contributed by atoms with Gasteiger partial charge >= 0.3 is 0 Å². The van der Waals surface area contributed by atoms with Gasteiger partial charge in [-0.25, -0.2) is 4.98 Å². The van der Waals surface area contributed by atoms with Crippen LogP contribution in [0.2, 0.25) is 0 Å². The number of amides is 2. The largest absolute Gasteiger partial charge is 0.493 e. The van der Waals surface area contributed by atoms with Gasteiger partial charge < -0.3 is 13.9 Å². The van der Waals surface area contributed by atoms with Crippen LogP contribution >= 0.6 is 47.1 Å². The second-order valence-electron chi connectivity index (χ2n) is 8.84. The SMILES string of the molecule is COc1cc(/C=C2\SC(=S)N(c3ccccc3)C2=O)ccc1OCC(=O)Nc1nnc(CSc2nc3ccccc3o2)s1. The van der Waals surface area contributed by atoms with Gasteiger partial charge in [-0.3, -0.25) is 19.8 Å². The molecule has 1 N–H and O–H groups in total. The van der Waals surface area contributed by atoms with Crippen molar-refractivity contribution in [3.63, 3.8) is 0 Å². The van der Waals surface area contributed by atoms with Crippen molar-refractivity contribution in [2.75, 3.05) is 23.9 Å². The molecule has 0 bridgehead atoms. The highest BCUT2D eigenvalue weighted by Gasteiger charge is 2.33. The molecule has 2 amide bonds. The van der Waals surface area contributed by atoms with Crippen LogP contribution in [0, 0.1) is 0 Å². The summed E-state index contributed by atoms with van der Waals surface area (Å²) in [6.07, 6.45) is 1.75. The van der Waals surface area contributed by atoms with E-state index in [0.717, 1.165) is 22.4 Å². The Labute approximate surface area is 263 Å². The van der Waals surface area contributed by atoms with Crippen molar-refractivity contribution < 1.29 is 23.5 Å². The zero-order chi connectivity index (χ0) is 29.8. The summed E-state index contributed by atoms with van der Waals surface area (Å²) in [5, 5.41) is 12.5. The maximum atomic E-state index is 13.0. The first-order chi connectivity index (χ1) is 21.0.